The van der Waals surface area contributed by atoms with Crippen LogP contribution in [0.3, 0.4) is 0 Å². The highest BCUT2D eigenvalue weighted by molar-refractivity contribution is 5.89. The zero-order valence-electron chi connectivity index (χ0n) is 17.4. The molecule has 0 heterocycles. The van der Waals surface area contributed by atoms with Crippen molar-refractivity contribution in [3.63, 3.8) is 0 Å². The van der Waals surface area contributed by atoms with Crippen molar-refractivity contribution >= 4 is 16.7 Å². The lowest BCUT2D eigenvalue weighted by molar-refractivity contribution is -0.150. The van der Waals surface area contributed by atoms with Crippen molar-refractivity contribution in [2.24, 2.45) is 0 Å². The summed E-state index contributed by atoms with van der Waals surface area (Å²) in [6.45, 7) is 7.42. The number of nitrogens with zero attached hydrogens (tertiary/aromatic N) is 1. The van der Waals surface area contributed by atoms with E-state index in [0.717, 1.165) is 25.2 Å². The van der Waals surface area contributed by atoms with Crippen molar-refractivity contribution in [1.82, 2.24) is 4.90 Å². The third-order valence-electron chi connectivity index (χ3n) is 6.30. The number of ether oxygens (including phenoxy) is 1. The van der Waals surface area contributed by atoms with Crippen LogP contribution in [0.15, 0.2) is 66.7 Å². The zero-order chi connectivity index (χ0) is 20.3. The van der Waals surface area contributed by atoms with Crippen LogP contribution >= 0.6 is 0 Å². The molecule has 150 valence electrons. The van der Waals surface area contributed by atoms with Gasteiger partial charge in [0.25, 0.3) is 0 Å². The first-order valence-corrected chi connectivity index (χ1v) is 10.6. The van der Waals surface area contributed by atoms with Crippen LogP contribution in [0, 0.1) is 0 Å². The van der Waals surface area contributed by atoms with Gasteiger partial charge in [-0.05, 0) is 53.4 Å². The number of esters is 1. The first-order chi connectivity index (χ1) is 14.2. The van der Waals surface area contributed by atoms with Gasteiger partial charge in [-0.3, -0.25) is 4.79 Å². The molecule has 29 heavy (non-hydrogen) atoms. The Hall–Kier alpha value is -2.65. The van der Waals surface area contributed by atoms with Crippen LogP contribution in [0.5, 0.6) is 0 Å². The first-order valence-electron chi connectivity index (χ1n) is 10.6. The molecule has 0 spiro atoms. The average molecular weight is 388 g/mol. The van der Waals surface area contributed by atoms with Crippen LogP contribution in [0.1, 0.15) is 30.5 Å². The summed E-state index contributed by atoms with van der Waals surface area (Å²) in [5.41, 5.74) is 2.93. The van der Waals surface area contributed by atoms with Crippen molar-refractivity contribution in [2.75, 3.05) is 26.2 Å². The molecule has 0 aliphatic heterocycles. The number of benzene rings is 3. The average Bonchev–Trinajstić information content (AvgIpc) is 3.15. The second-order valence-electron chi connectivity index (χ2n) is 7.93. The third-order valence-corrected chi connectivity index (χ3v) is 6.30. The van der Waals surface area contributed by atoms with Crippen LogP contribution in [-0.2, 0) is 27.8 Å². The molecule has 3 nitrogen and oxygen atoms in total. The number of carbonyl (C=O) groups excluding carboxylic acids is 1. The highest BCUT2D eigenvalue weighted by atomic mass is 16.5. The SMILES string of the molecule is CCN(CC)CCOC(=O)C1(c2ccccc2)Cc2cc3ccccc3cc2C1. The van der Waals surface area contributed by atoms with E-state index in [0.29, 0.717) is 19.4 Å². The molecule has 0 amide bonds. The molecule has 0 unspecified atom stereocenters. The molecule has 3 heteroatoms. The van der Waals surface area contributed by atoms with Crippen molar-refractivity contribution in [2.45, 2.75) is 32.1 Å². The van der Waals surface area contributed by atoms with E-state index in [9.17, 15) is 4.79 Å². The molecule has 1 aliphatic carbocycles. The lowest BCUT2D eigenvalue weighted by Crippen LogP contribution is -2.40. The molecular formula is C26H29NO2. The van der Waals surface area contributed by atoms with Gasteiger partial charge >= 0.3 is 5.97 Å². The van der Waals surface area contributed by atoms with Crippen molar-refractivity contribution < 1.29 is 9.53 Å². The fourth-order valence-electron chi connectivity index (χ4n) is 4.55. The molecule has 0 atom stereocenters. The lowest BCUT2D eigenvalue weighted by atomic mass is 9.78. The Morgan fingerprint density at radius 2 is 1.45 bits per heavy atom. The highest BCUT2D eigenvalue weighted by Gasteiger charge is 2.46. The minimum absolute atomic E-state index is 0.101. The van der Waals surface area contributed by atoms with E-state index in [2.05, 4.69) is 67.3 Å². The quantitative estimate of drug-likeness (QED) is 0.548. The molecule has 0 fully saturated rings. The van der Waals surface area contributed by atoms with Gasteiger partial charge < -0.3 is 9.64 Å². The highest BCUT2D eigenvalue weighted by Crippen LogP contribution is 2.42. The van der Waals surface area contributed by atoms with E-state index in [1.54, 1.807) is 0 Å². The minimum atomic E-state index is -0.635. The summed E-state index contributed by atoms with van der Waals surface area (Å²) in [5, 5.41) is 2.45. The number of likely N-dealkylation sites (N-methyl/N-ethyl adjacent to an activating group) is 1. The van der Waals surface area contributed by atoms with Crippen molar-refractivity contribution in [3.05, 3.63) is 83.4 Å². The molecule has 0 aromatic heterocycles. The molecule has 3 aromatic rings. The molecule has 1 aliphatic rings. The maximum Gasteiger partial charge on any atom is 0.317 e. The van der Waals surface area contributed by atoms with E-state index in [1.165, 1.54) is 21.9 Å². The maximum absolute atomic E-state index is 13.4. The molecule has 0 saturated carbocycles. The Balaban J connectivity index is 1.64. The third kappa shape index (κ3) is 3.79. The number of hydrogen-bond donors (Lipinski definition) is 0. The summed E-state index contributed by atoms with van der Waals surface area (Å²) in [6, 6.07) is 23.1. The fraction of sp³-hybridized carbons (Fsp3) is 0.346. The number of fused-ring (bicyclic) bond motifs is 2. The van der Waals surface area contributed by atoms with Crippen LogP contribution in [0.2, 0.25) is 0 Å². The normalized spacial score (nSPS) is 14.9. The number of carbonyl (C=O) groups is 1. The first kappa shape index (κ1) is 19.7. The van der Waals surface area contributed by atoms with Crippen molar-refractivity contribution in [1.29, 1.82) is 0 Å². The summed E-state index contributed by atoms with van der Waals surface area (Å²) in [4.78, 5) is 15.7. The Morgan fingerprint density at radius 1 is 0.897 bits per heavy atom. The predicted octanol–water partition coefficient (Wildman–Crippen LogP) is 4.76. The topological polar surface area (TPSA) is 29.5 Å². The smallest absolute Gasteiger partial charge is 0.317 e. The molecule has 3 aromatic carbocycles. The Bertz CT molecular complexity index is 948. The van der Waals surface area contributed by atoms with Gasteiger partial charge in [-0.2, -0.15) is 0 Å². The van der Waals surface area contributed by atoms with E-state index in [-0.39, 0.29) is 5.97 Å². The van der Waals surface area contributed by atoms with Crippen LogP contribution in [0.25, 0.3) is 10.8 Å². The number of rotatable bonds is 7. The van der Waals surface area contributed by atoms with Crippen molar-refractivity contribution in [3.8, 4) is 0 Å². The number of hydrogen-bond acceptors (Lipinski definition) is 3. The molecule has 0 saturated heterocycles. The monoisotopic (exact) mass is 387 g/mol. The van der Waals surface area contributed by atoms with E-state index in [4.69, 9.17) is 4.74 Å². The second kappa shape index (κ2) is 8.38. The summed E-state index contributed by atoms with van der Waals surface area (Å²) in [6.07, 6.45) is 1.39. The summed E-state index contributed by atoms with van der Waals surface area (Å²) < 4.78 is 5.87. The summed E-state index contributed by atoms with van der Waals surface area (Å²) in [7, 11) is 0. The van der Waals surface area contributed by atoms with Gasteiger partial charge in [0.1, 0.15) is 12.0 Å². The molecule has 0 bridgehead atoms. The minimum Gasteiger partial charge on any atom is -0.464 e. The van der Waals surface area contributed by atoms with Gasteiger partial charge in [0, 0.05) is 6.54 Å². The van der Waals surface area contributed by atoms with Gasteiger partial charge in [-0.25, -0.2) is 0 Å². The maximum atomic E-state index is 13.4. The molecular weight excluding hydrogens is 358 g/mol. The van der Waals surface area contributed by atoms with Gasteiger partial charge in [-0.1, -0.05) is 80.6 Å². The Labute approximate surface area is 173 Å². The largest absolute Gasteiger partial charge is 0.464 e. The summed E-state index contributed by atoms with van der Waals surface area (Å²) >= 11 is 0. The van der Waals surface area contributed by atoms with Crippen LogP contribution in [-0.4, -0.2) is 37.1 Å². The van der Waals surface area contributed by atoms with Crippen LogP contribution in [0.4, 0.5) is 0 Å². The van der Waals surface area contributed by atoms with E-state index < -0.39 is 5.41 Å². The molecule has 0 radical (unpaired) electrons. The summed E-state index contributed by atoms with van der Waals surface area (Å²) in [5.74, 6) is -0.101. The van der Waals surface area contributed by atoms with Crippen LogP contribution < -0.4 is 0 Å². The Kier molecular flexibility index (Phi) is 5.68. The second-order valence-corrected chi connectivity index (χ2v) is 7.93. The molecule has 0 N–H and O–H groups in total. The van der Waals surface area contributed by atoms with E-state index in [1.807, 2.05) is 18.2 Å². The van der Waals surface area contributed by atoms with Gasteiger partial charge in [0.2, 0.25) is 0 Å². The lowest BCUT2D eigenvalue weighted by Gasteiger charge is -2.28. The zero-order valence-corrected chi connectivity index (χ0v) is 17.4. The molecule has 4 rings (SSSR count). The van der Waals surface area contributed by atoms with Gasteiger partial charge in [0.15, 0.2) is 0 Å². The predicted molar refractivity (Wildman–Crippen MR) is 118 cm³/mol. The standard InChI is InChI=1S/C26H29NO2/c1-3-27(4-2)14-15-29-25(28)26(24-12-6-5-7-13-24)18-22-16-20-10-8-9-11-21(20)17-23(22)19-26/h5-13,16-17H,3-4,14-15,18-19H2,1-2H3. The van der Waals surface area contributed by atoms with Gasteiger partial charge in [0.05, 0.1) is 0 Å². The Morgan fingerprint density at radius 3 is 2.00 bits per heavy atom. The van der Waals surface area contributed by atoms with Gasteiger partial charge in [-0.15, -0.1) is 0 Å². The van der Waals surface area contributed by atoms with E-state index >= 15 is 0 Å². The fourth-order valence-corrected chi connectivity index (χ4v) is 4.55.